The van der Waals surface area contributed by atoms with E-state index < -0.39 is 12.2 Å². The van der Waals surface area contributed by atoms with Crippen LogP contribution in [0.2, 0.25) is 0 Å². The summed E-state index contributed by atoms with van der Waals surface area (Å²) in [5.74, 6) is 0. The molecule has 2 aliphatic heterocycles. The maximum absolute atomic E-state index is 9.38. The van der Waals surface area contributed by atoms with Gasteiger partial charge in [0, 0.05) is 52.4 Å². The summed E-state index contributed by atoms with van der Waals surface area (Å²) >= 11 is 0. The van der Waals surface area contributed by atoms with Gasteiger partial charge in [-0.3, -0.25) is 0 Å². The standard InChI is InChI=1S/2C4H10N2.C2H2N2O4/c2*1-2-6-4-3-5-1;5-1(6)3-4-2(7)8/h2*5-6H,1-4H2;(H,5,6)(H,7,8). The van der Waals surface area contributed by atoms with Gasteiger partial charge >= 0.3 is 12.2 Å². The van der Waals surface area contributed by atoms with Gasteiger partial charge in [0.2, 0.25) is 0 Å². The highest BCUT2D eigenvalue weighted by molar-refractivity contribution is 5.70. The molecule has 0 saturated carbocycles. The number of hydrogen-bond acceptors (Lipinski definition) is 6. The number of rotatable bonds is 0. The summed E-state index contributed by atoms with van der Waals surface area (Å²) in [6.45, 7) is 9.11. The minimum Gasteiger partial charge on any atom is -0.462 e. The molecule has 0 aromatic carbocycles. The van der Waals surface area contributed by atoms with E-state index >= 15 is 0 Å². The van der Waals surface area contributed by atoms with Gasteiger partial charge in [-0.2, -0.15) is 0 Å². The zero-order chi connectivity index (χ0) is 15.1. The Morgan fingerprint density at radius 1 is 0.600 bits per heavy atom. The molecule has 2 heterocycles. The van der Waals surface area contributed by atoms with Gasteiger partial charge in [-0.1, -0.05) is 10.2 Å². The summed E-state index contributed by atoms with van der Waals surface area (Å²) in [4.78, 5) is 18.8. The van der Waals surface area contributed by atoms with Crippen molar-refractivity contribution in [2.45, 2.75) is 0 Å². The fourth-order valence-corrected chi connectivity index (χ4v) is 1.29. The monoisotopic (exact) mass is 290 g/mol. The molecule has 0 atom stereocenters. The average Bonchev–Trinajstić information content (AvgIpc) is 2.50. The van der Waals surface area contributed by atoms with Crippen LogP contribution in [0.1, 0.15) is 0 Å². The van der Waals surface area contributed by atoms with Crippen molar-refractivity contribution in [2.24, 2.45) is 10.2 Å². The second-order valence-electron chi connectivity index (χ2n) is 3.77. The molecule has 0 bridgehead atoms. The molecular weight excluding hydrogens is 268 g/mol. The van der Waals surface area contributed by atoms with Crippen molar-refractivity contribution in [3.63, 3.8) is 0 Å². The van der Waals surface area contributed by atoms with Crippen LogP contribution < -0.4 is 21.3 Å². The second-order valence-corrected chi connectivity index (χ2v) is 3.77. The zero-order valence-electron chi connectivity index (χ0n) is 11.3. The molecular formula is C10H22N6O4. The normalized spacial score (nSPS) is 18.2. The van der Waals surface area contributed by atoms with Crippen molar-refractivity contribution in [3.05, 3.63) is 0 Å². The van der Waals surface area contributed by atoms with E-state index in [0.717, 1.165) is 52.4 Å². The largest absolute Gasteiger partial charge is 0.462 e. The lowest BCUT2D eigenvalue weighted by molar-refractivity contribution is 0.194. The first-order chi connectivity index (χ1) is 9.63. The molecule has 0 unspecified atom stereocenters. The van der Waals surface area contributed by atoms with Gasteiger partial charge in [-0.25, -0.2) is 9.59 Å². The van der Waals surface area contributed by atoms with E-state index in [0.29, 0.717) is 0 Å². The number of carboxylic acid groups (broad SMARTS) is 2. The Kier molecular flexibility index (Phi) is 12.7. The summed E-state index contributed by atoms with van der Waals surface area (Å²) in [6, 6.07) is 0. The molecule has 2 fully saturated rings. The van der Waals surface area contributed by atoms with Crippen LogP contribution >= 0.6 is 0 Å². The van der Waals surface area contributed by atoms with Gasteiger partial charge < -0.3 is 31.5 Å². The van der Waals surface area contributed by atoms with Crippen LogP contribution in [0.5, 0.6) is 0 Å². The van der Waals surface area contributed by atoms with Gasteiger partial charge in [0.25, 0.3) is 0 Å². The fraction of sp³-hybridized carbons (Fsp3) is 0.800. The Morgan fingerprint density at radius 3 is 0.900 bits per heavy atom. The molecule has 10 nitrogen and oxygen atoms in total. The third kappa shape index (κ3) is 16.4. The Bertz CT molecular complexity index is 240. The number of hydrogen-bond donors (Lipinski definition) is 6. The molecule has 2 saturated heterocycles. The first kappa shape index (κ1) is 18.4. The Morgan fingerprint density at radius 2 is 0.800 bits per heavy atom. The molecule has 0 spiro atoms. The molecule has 0 aromatic heterocycles. The van der Waals surface area contributed by atoms with Crippen LogP contribution in [0.4, 0.5) is 9.59 Å². The molecule has 116 valence electrons. The van der Waals surface area contributed by atoms with Crippen LogP contribution in [-0.2, 0) is 0 Å². The van der Waals surface area contributed by atoms with Crippen LogP contribution in [-0.4, -0.2) is 74.8 Å². The van der Waals surface area contributed by atoms with Crippen LogP contribution in [0.15, 0.2) is 10.2 Å². The number of nitrogens with zero attached hydrogens (tertiary/aromatic N) is 2. The lowest BCUT2D eigenvalue weighted by atomic mass is 10.4. The summed E-state index contributed by atoms with van der Waals surface area (Å²) in [6.07, 6.45) is -3.24. The van der Waals surface area contributed by atoms with Crippen LogP contribution in [0.3, 0.4) is 0 Å². The van der Waals surface area contributed by atoms with E-state index in [1.807, 2.05) is 0 Å². The maximum Gasteiger partial charge on any atom is 0.450 e. The predicted molar refractivity (Wildman–Crippen MR) is 72.4 cm³/mol. The van der Waals surface area contributed by atoms with E-state index in [2.05, 4.69) is 31.5 Å². The number of piperazine rings is 2. The van der Waals surface area contributed by atoms with E-state index in [1.165, 1.54) is 0 Å². The van der Waals surface area contributed by atoms with Gasteiger partial charge in [-0.15, -0.1) is 0 Å². The van der Waals surface area contributed by atoms with Crippen molar-refractivity contribution in [1.82, 2.24) is 21.3 Å². The first-order valence-corrected chi connectivity index (χ1v) is 6.33. The van der Waals surface area contributed by atoms with Crippen molar-refractivity contribution >= 4 is 12.2 Å². The van der Waals surface area contributed by atoms with Crippen LogP contribution in [0, 0.1) is 0 Å². The fourth-order valence-electron chi connectivity index (χ4n) is 1.29. The lowest BCUT2D eigenvalue weighted by Gasteiger charge is -2.11. The Hall–Kier alpha value is -1.62. The second kappa shape index (κ2) is 13.8. The van der Waals surface area contributed by atoms with Gasteiger partial charge in [0.15, 0.2) is 0 Å². The minimum absolute atomic E-state index is 1.14. The Labute approximate surface area is 117 Å². The molecule has 0 aliphatic carbocycles. The quantitative estimate of drug-likeness (QED) is 0.316. The highest BCUT2D eigenvalue weighted by Crippen LogP contribution is 1.76. The highest BCUT2D eigenvalue weighted by atomic mass is 16.4. The molecule has 2 amide bonds. The topological polar surface area (TPSA) is 147 Å². The number of amides is 2. The van der Waals surface area contributed by atoms with Crippen molar-refractivity contribution < 1.29 is 19.8 Å². The van der Waals surface area contributed by atoms with Gasteiger partial charge in [0.05, 0.1) is 0 Å². The van der Waals surface area contributed by atoms with Gasteiger partial charge in [0.1, 0.15) is 0 Å². The molecule has 0 aromatic rings. The minimum atomic E-state index is -1.62. The smallest absolute Gasteiger partial charge is 0.450 e. The predicted octanol–water partition coefficient (Wildman–Crippen LogP) is -0.847. The summed E-state index contributed by atoms with van der Waals surface area (Å²) in [5.41, 5.74) is 0. The van der Waals surface area contributed by atoms with Crippen molar-refractivity contribution in [3.8, 4) is 0 Å². The highest BCUT2D eigenvalue weighted by Gasteiger charge is 1.92. The average molecular weight is 290 g/mol. The molecule has 6 N–H and O–H groups in total. The molecule has 2 aliphatic rings. The first-order valence-electron chi connectivity index (χ1n) is 6.33. The van der Waals surface area contributed by atoms with E-state index in [-0.39, 0.29) is 0 Å². The molecule has 10 heteroatoms. The van der Waals surface area contributed by atoms with E-state index in [4.69, 9.17) is 10.2 Å². The molecule has 20 heavy (non-hydrogen) atoms. The Balaban J connectivity index is 0.000000274. The third-order valence-electron chi connectivity index (χ3n) is 2.14. The zero-order valence-corrected chi connectivity index (χ0v) is 11.3. The summed E-state index contributed by atoms with van der Waals surface area (Å²) < 4.78 is 0. The summed E-state index contributed by atoms with van der Waals surface area (Å²) in [7, 11) is 0. The lowest BCUT2D eigenvalue weighted by Crippen LogP contribution is -2.39. The van der Waals surface area contributed by atoms with E-state index in [9.17, 15) is 9.59 Å². The van der Waals surface area contributed by atoms with E-state index in [1.54, 1.807) is 0 Å². The third-order valence-corrected chi connectivity index (χ3v) is 2.14. The number of carbonyl (C=O) groups is 2. The number of azo groups is 1. The maximum atomic E-state index is 9.38. The van der Waals surface area contributed by atoms with Crippen LogP contribution in [0.25, 0.3) is 0 Å². The SMILES string of the molecule is C1CNCCN1.C1CNCCN1.O=C(O)N=NC(=O)O. The summed E-state index contributed by atoms with van der Waals surface area (Å²) in [5, 5.41) is 32.7. The van der Waals surface area contributed by atoms with Gasteiger partial charge in [-0.05, 0) is 0 Å². The molecule has 2 rings (SSSR count). The number of nitrogens with one attached hydrogen (secondary N) is 4. The van der Waals surface area contributed by atoms with Crippen molar-refractivity contribution in [2.75, 3.05) is 52.4 Å². The molecule has 0 radical (unpaired) electrons. The van der Waals surface area contributed by atoms with Crippen molar-refractivity contribution in [1.29, 1.82) is 0 Å².